The van der Waals surface area contributed by atoms with Crippen LogP contribution in [0.1, 0.15) is 99.7 Å². The molecule has 4 unspecified atom stereocenters. The van der Waals surface area contributed by atoms with Gasteiger partial charge < -0.3 is 14.4 Å². The zero-order valence-corrected chi connectivity index (χ0v) is 34.8. The Bertz CT molecular complexity index is 2630. The Hall–Kier alpha value is -5.22. The molecule has 57 heavy (non-hydrogen) atoms. The van der Waals surface area contributed by atoms with E-state index in [4.69, 9.17) is 4.74 Å². The zero-order chi connectivity index (χ0) is 39.2. The lowest BCUT2D eigenvalue weighted by atomic mass is 9.41. The van der Waals surface area contributed by atoms with Gasteiger partial charge in [-0.25, -0.2) is 0 Å². The summed E-state index contributed by atoms with van der Waals surface area (Å²) in [6, 6.07) is 44.2. The largest absolute Gasteiger partial charge is 0.493 e. The molecular weight excluding hydrogens is 691 g/mol. The molecule has 4 atom stereocenters. The van der Waals surface area contributed by atoms with Gasteiger partial charge in [0, 0.05) is 44.7 Å². The predicted molar refractivity (Wildman–Crippen MR) is 240 cm³/mol. The molecule has 0 bridgehead atoms. The van der Waals surface area contributed by atoms with E-state index in [1.165, 1.54) is 115 Å². The summed E-state index contributed by atoms with van der Waals surface area (Å²) in [6.07, 6.45) is 4.92. The fraction of sp³-hybridized carbons (Fsp3) is 0.321. The Morgan fingerprint density at radius 1 is 0.684 bits per heavy atom. The van der Waals surface area contributed by atoms with Gasteiger partial charge in [-0.2, -0.15) is 0 Å². The van der Waals surface area contributed by atoms with Crippen molar-refractivity contribution >= 4 is 29.4 Å². The van der Waals surface area contributed by atoms with Gasteiger partial charge in [0.2, 0.25) is 0 Å². The molecule has 4 aliphatic heterocycles. The maximum Gasteiger partial charge on any atom is 0.340 e. The van der Waals surface area contributed by atoms with E-state index < -0.39 is 0 Å². The highest BCUT2D eigenvalue weighted by molar-refractivity contribution is 6.83. The Morgan fingerprint density at radius 3 is 2.19 bits per heavy atom. The molecule has 0 N–H and O–H groups in total. The summed E-state index contributed by atoms with van der Waals surface area (Å²) in [4.78, 5) is 5.64. The number of hydrogen-bond donors (Lipinski definition) is 0. The fourth-order valence-electron chi connectivity index (χ4n) is 12.3. The maximum atomic E-state index is 7.45. The van der Waals surface area contributed by atoms with Crippen molar-refractivity contribution in [2.45, 2.75) is 109 Å². The van der Waals surface area contributed by atoms with E-state index >= 15 is 0 Å². The average molecular weight is 745 g/mol. The first-order valence-electron chi connectivity index (χ1n) is 21.3. The minimum absolute atomic E-state index is 0.000500. The topological polar surface area (TPSA) is 15.7 Å². The number of fused-ring (bicyclic) bond motifs is 9. The number of para-hydroxylation sites is 2. The van der Waals surface area contributed by atoms with E-state index in [9.17, 15) is 0 Å². The highest BCUT2D eigenvalue weighted by atomic mass is 16.5. The SMILES string of the molecule is Cc1cc(C)c(-c2cc3c4c(c2)N(c2ccc(C(C)(C)C)cc2-c2ccccc2)C2c5ccccc5OC2B4N2c4c-3cccc4C3(C)CCCCC23C)c(C)c1. The van der Waals surface area contributed by atoms with E-state index in [0.717, 1.165) is 5.75 Å². The summed E-state index contributed by atoms with van der Waals surface area (Å²) in [5.74, 6) is 1.01. The van der Waals surface area contributed by atoms with Gasteiger partial charge in [0.15, 0.2) is 0 Å². The number of ether oxygens (including phenoxy) is 1. The van der Waals surface area contributed by atoms with Crippen molar-refractivity contribution < 1.29 is 4.74 Å². The van der Waals surface area contributed by atoms with E-state index in [0.29, 0.717) is 0 Å². The minimum atomic E-state index is -0.115. The van der Waals surface area contributed by atoms with Crippen LogP contribution in [0.25, 0.3) is 33.4 Å². The normalized spacial score (nSPS) is 23.7. The number of nitrogens with zero attached hydrogens (tertiary/aromatic N) is 2. The molecule has 4 heterocycles. The summed E-state index contributed by atoms with van der Waals surface area (Å²) in [5.41, 5.74) is 21.4. The summed E-state index contributed by atoms with van der Waals surface area (Å²) < 4.78 is 7.45. The third-order valence-electron chi connectivity index (χ3n) is 15.0. The van der Waals surface area contributed by atoms with Gasteiger partial charge in [0.1, 0.15) is 11.8 Å². The monoisotopic (exact) mass is 744 g/mol. The third-order valence-corrected chi connectivity index (χ3v) is 15.0. The van der Waals surface area contributed by atoms with Crippen molar-refractivity contribution in [2.75, 3.05) is 9.71 Å². The average Bonchev–Trinajstić information content (AvgIpc) is 3.67. The van der Waals surface area contributed by atoms with Crippen molar-refractivity contribution in [1.82, 2.24) is 0 Å². The van der Waals surface area contributed by atoms with Gasteiger partial charge in [-0.15, -0.1) is 0 Å². The van der Waals surface area contributed by atoms with Gasteiger partial charge in [0.25, 0.3) is 0 Å². The number of benzene rings is 6. The molecule has 3 nitrogen and oxygen atoms in total. The number of rotatable bonds is 3. The van der Waals surface area contributed by atoms with Gasteiger partial charge in [-0.3, -0.25) is 0 Å². The lowest BCUT2D eigenvalue weighted by molar-refractivity contribution is 0.195. The molecule has 6 aromatic carbocycles. The molecule has 1 fully saturated rings. The second kappa shape index (κ2) is 11.9. The number of hydrogen-bond acceptors (Lipinski definition) is 3. The molecule has 1 saturated carbocycles. The van der Waals surface area contributed by atoms with E-state index in [1.807, 2.05) is 0 Å². The Labute approximate surface area is 339 Å². The Balaban J connectivity index is 1.28. The van der Waals surface area contributed by atoms with Gasteiger partial charge in [-0.05, 0) is 126 Å². The van der Waals surface area contributed by atoms with Gasteiger partial charge >= 0.3 is 6.85 Å². The molecule has 5 aliphatic rings. The van der Waals surface area contributed by atoms with Crippen LogP contribution >= 0.6 is 0 Å². The van der Waals surface area contributed by atoms with Gasteiger partial charge in [-0.1, -0.05) is 131 Å². The van der Waals surface area contributed by atoms with Crippen molar-refractivity contribution in [3.05, 3.63) is 149 Å². The van der Waals surface area contributed by atoms with Crippen LogP contribution < -0.4 is 19.9 Å². The fourth-order valence-corrected chi connectivity index (χ4v) is 12.3. The van der Waals surface area contributed by atoms with Crippen LogP contribution in [0.2, 0.25) is 0 Å². The van der Waals surface area contributed by atoms with Crippen LogP contribution in [0.15, 0.2) is 115 Å². The van der Waals surface area contributed by atoms with Crippen LogP contribution in [-0.2, 0) is 10.8 Å². The number of anilines is 3. The zero-order valence-electron chi connectivity index (χ0n) is 34.8. The van der Waals surface area contributed by atoms with Crippen LogP contribution in [0.4, 0.5) is 17.1 Å². The molecule has 284 valence electrons. The second-order valence-corrected chi connectivity index (χ2v) is 19.3. The lowest BCUT2D eigenvalue weighted by Gasteiger charge is -2.56. The van der Waals surface area contributed by atoms with Crippen LogP contribution in [-0.4, -0.2) is 18.4 Å². The van der Waals surface area contributed by atoms with Crippen molar-refractivity contribution in [3.8, 4) is 39.1 Å². The van der Waals surface area contributed by atoms with Crippen molar-refractivity contribution in [3.63, 3.8) is 0 Å². The molecule has 4 heteroatoms. The van der Waals surface area contributed by atoms with Gasteiger partial charge in [0.05, 0.1) is 6.04 Å². The summed E-state index contributed by atoms with van der Waals surface area (Å²) in [5, 5.41) is 0. The summed E-state index contributed by atoms with van der Waals surface area (Å²) in [7, 11) is 0. The highest BCUT2D eigenvalue weighted by Crippen LogP contribution is 2.64. The molecule has 0 amide bonds. The smallest absolute Gasteiger partial charge is 0.340 e. The first-order chi connectivity index (χ1) is 27.4. The highest BCUT2D eigenvalue weighted by Gasteiger charge is 2.66. The molecule has 0 radical (unpaired) electrons. The van der Waals surface area contributed by atoms with Crippen molar-refractivity contribution in [2.24, 2.45) is 0 Å². The summed E-state index contributed by atoms with van der Waals surface area (Å²) >= 11 is 0. The third kappa shape index (κ3) is 4.68. The Kier molecular flexibility index (Phi) is 7.31. The first kappa shape index (κ1) is 35.0. The lowest BCUT2D eigenvalue weighted by Crippen LogP contribution is -2.72. The van der Waals surface area contributed by atoms with Crippen molar-refractivity contribution in [1.29, 1.82) is 0 Å². The van der Waals surface area contributed by atoms with E-state index in [-0.39, 0.29) is 35.3 Å². The first-order valence-corrected chi connectivity index (χ1v) is 21.3. The van der Waals surface area contributed by atoms with E-state index in [2.05, 4.69) is 180 Å². The molecule has 0 saturated heterocycles. The van der Waals surface area contributed by atoms with Crippen LogP contribution in [0.5, 0.6) is 5.75 Å². The quantitative estimate of drug-likeness (QED) is 0.168. The van der Waals surface area contributed by atoms with Crippen LogP contribution in [0.3, 0.4) is 0 Å². The molecule has 1 aliphatic carbocycles. The number of aryl methyl sites for hydroxylation is 3. The molecule has 0 spiro atoms. The second-order valence-electron chi connectivity index (χ2n) is 19.3. The molecule has 6 aromatic rings. The molecule has 11 rings (SSSR count). The predicted octanol–water partition coefficient (Wildman–Crippen LogP) is 12.7. The minimum Gasteiger partial charge on any atom is -0.493 e. The molecular formula is C53H53BN2O. The van der Waals surface area contributed by atoms with Crippen LogP contribution in [0, 0.1) is 20.8 Å². The van der Waals surface area contributed by atoms with E-state index in [1.54, 1.807) is 0 Å². The Morgan fingerprint density at radius 2 is 1.42 bits per heavy atom. The summed E-state index contributed by atoms with van der Waals surface area (Å²) in [6.45, 7) is 19.0. The molecule has 0 aromatic heterocycles. The standard InChI is InChI=1S/C53H53BN2O/c1-32-27-33(2)46(34(3)28-32)36-29-41-38-20-16-21-42-48(38)56(53(8)26-15-14-25-52(42,53)7)54-47(41)44(30-36)55(49-39-19-12-13-22-45(39)57-50(49)54)43-24-23-37(51(4,5)6)31-40(43)35-17-10-9-11-18-35/h9-13,16-24,27-31,49-50H,14-15,25-26H2,1-8H3. The maximum absolute atomic E-state index is 7.45.